The zero-order chi connectivity index (χ0) is 14.3. The minimum Gasteiger partial charge on any atom is -0.326 e. The van der Waals surface area contributed by atoms with E-state index < -0.39 is 21.4 Å². The van der Waals surface area contributed by atoms with Crippen LogP contribution in [0.2, 0.25) is 0 Å². The molecule has 1 aliphatic carbocycles. The second kappa shape index (κ2) is 4.85. The zero-order valence-electron chi connectivity index (χ0n) is 11.1. The fraction of sp³-hybridized carbons (Fsp3) is 0.538. The molecule has 2 rings (SSSR count). The van der Waals surface area contributed by atoms with E-state index in [-0.39, 0.29) is 17.0 Å². The molecule has 0 aliphatic heterocycles. The predicted molar refractivity (Wildman–Crippen MR) is 71.4 cm³/mol. The van der Waals surface area contributed by atoms with Crippen LogP contribution in [0.1, 0.15) is 32.3 Å². The summed E-state index contributed by atoms with van der Waals surface area (Å²) in [6, 6.07) is 3.98. The van der Waals surface area contributed by atoms with Gasteiger partial charge in [-0.2, -0.15) is 0 Å². The van der Waals surface area contributed by atoms with Crippen molar-refractivity contribution in [2.45, 2.75) is 43.7 Å². The highest BCUT2D eigenvalue weighted by Crippen LogP contribution is 2.40. The number of hydrogen-bond acceptors (Lipinski definition) is 3. The molecule has 1 saturated carbocycles. The highest BCUT2D eigenvalue weighted by atomic mass is 32.2. The first kappa shape index (κ1) is 14.4. The lowest BCUT2D eigenvalue weighted by atomic mass is 10.0. The Kier molecular flexibility index (Phi) is 3.68. The van der Waals surface area contributed by atoms with E-state index in [1.807, 2.05) is 13.8 Å². The van der Waals surface area contributed by atoms with Crippen molar-refractivity contribution >= 4 is 10.0 Å². The van der Waals surface area contributed by atoms with Gasteiger partial charge in [-0.25, -0.2) is 17.5 Å². The SMILES string of the molecule is CC(C)(NS(=O)(=O)c1cccc(F)c1CN)C1CC1. The van der Waals surface area contributed by atoms with Gasteiger partial charge >= 0.3 is 0 Å². The largest absolute Gasteiger partial charge is 0.326 e. The van der Waals surface area contributed by atoms with Crippen LogP contribution in [0.4, 0.5) is 4.39 Å². The van der Waals surface area contributed by atoms with Gasteiger partial charge in [-0.15, -0.1) is 0 Å². The van der Waals surface area contributed by atoms with Crippen LogP contribution in [-0.2, 0) is 16.6 Å². The predicted octanol–water partition coefficient (Wildman–Crippen LogP) is 1.75. The van der Waals surface area contributed by atoms with Crippen LogP contribution in [-0.4, -0.2) is 14.0 Å². The summed E-state index contributed by atoms with van der Waals surface area (Å²) in [6.07, 6.45) is 2.03. The smallest absolute Gasteiger partial charge is 0.241 e. The molecule has 0 atom stereocenters. The van der Waals surface area contributed by atoms with Crippen LogP contribution in [0, 0.1) is 11.7 Å². The molecule has 0 heterocycles. The maximum atomic E-state index is 13.6. The molecule has 3 N–H and O–H groups in total. The lowest BCUT2D eigenvalue weighted by Crippen LogP contribution is -2.45. The summed E-state index contributed by atoms with van der Waals surface area (Å²) in [5.41, 5.74) is 4.96. The van der Waals surface area contributed by atoms with Crippen LogP contribution in [0.5, 0.6) is 0 Å². The first-order valence-electron chi connectivity index (χ1n) is 6.29. The number of sulfonamides is 1. The Labute approximate surface area is 113 Å². The molecule has 1 aromatic carbocycles. The van der Waals surface area contributed by atoms with Gasteiger partial charge in [0.1, 0.15) is 5.82 Å². The van der Waals surface area contributed by atoms with Crippen LogP contribution in [0.25, 0.3) is 0 Å². The summed E-state index contributed by atoms with van der Waals surface area (Å²) in [5.74, 6) is -0.244. The van der Waals surface area contributed by atoms with Crippen molar-refractivity contribution in [3.63, 3.8) is 0 Å². The number of nitrogens with two attached hydrogens (primary N) is 1. The lowest BCUT2D eigenvalue weighted by molar-refractivity contribution is 0.400. The van der Waals surface area contributed by atoms with Crippen LogP contribution in [0.3, 0.4) is 0 Å². The van der Waals surface area contributed by atoms with E-state index in [4.69, 9.17) is 5.73 Å². The van der Waals surface area contributed by atoms with E-state index >= 15 is 0 Å². The van der Waals surface area contributed by atoms with Gasteiger partial charge in [0.05, 0.1) is 4.90 Å². The Morgan fingerprint density at radius 3 is 2.58 bits per heavy atom. The third-order valence-electron chi connectivity index (χ3n) is 3.56. The monoisotopic (exact) mass is 286 g/mol. The molecule has 1 aliphatic rings. The topological polar surface area (TPSA) is 72.2 Å². The Morgan fingerprint density at radius 2 is 2.05 bits per heavy atom. The maximum absolute atomic E-state index is 13.6. The Morgan fingerprint density at radius 1 is 1.42 bits per heavy atom. The molecule has 0 saturated heterocycles. The van der Waals surface area contributed by atoms with Crippen LogP contribution < -0.4 is 10.5 Å². The lowest BCUT2D eigenvalue weighted by Gasteiger charge is -2.26. The second-order valence-corrected chi connectivity index (χ2v) is 7.17. The van der Waals surface area contributed by atoms with E-state index in [2.05, 4.69) is 4.72 Å². The average Bonchev–Trinajstić information content (AvgIpc) is 3.11. The van der Waals surface area contributed by atoms with Gasteiger partial charge in [-0.05, 0) is 44.7 Å². The highest BCUT2D eigenvalue weighted by molar-refractivity contribution is 7.89. The summed E-state index contributed by atoms with van der Waals surface area (Å²) in [7, 11) is -3.76. The van der Waals surface area contributed by atoms with E-state index in [9.17, 15) is 12.8 Å². The van der Waals surface area contributed by atoms with Crippen molar-refractivity contribution in [3.05, 3.63) is 29.6 Å². The number of nitrogens with one attached hydrogen (secondary N) is 1. The quantitative estimate of drug-likeness (QED) is 0.866. The van der Waals surface area contributed by atoms with Gasteiger partial charge in [0.25, 0.3) is 0 Å². The molecule has 0 spiro atoms. The van der Waals surface area contributed by atoms with Gasteiger partial charge in [0.15, 0.2) is 0 Å². The maximum Gasteiger partial charge on any atom is 0.241 e. The Balaban J connectivity index is 2.37. The second-order valence-electron chi connectivity index (χ2n) is 5.52. The molecule has 1 aromatic rings. The number of hydrogen-bond donors (Lipinski definition) is 2. The van der Waals surface area contributed by atoms with Crippen molar-refractivity contribution in [2.24, 2.45) is 11.7 Å². The van der Waals surface area contributed by atoms with Crippen LogP contribution >= 0.6 is 0 Å². The normalized spacial score (nSPS) is 16.6. The van der Waals surface area contributed by atoms with E-state index in [1.54, 1.807) is 0 Å². The first-order chi connectivity index (χ1) is 8.78. The summed E-state index contributed by atoms with van der Waals surface area (Å²) in [6.45, 7) is 3.56. The van der Waals surface area contributed by atoms with Crippen molar-refractivity contribution in [1.82, 2.24) is 4.72 Å². The molecule has 0 aromatic heterocycles. The fourth-order valence-electron chi connectivity index (χ4n) is 2.28. The van der Waals surface area contributed by atoms with Gasteiger partial charge in [0, 0.05) is 17.6 Å². The molecule has 1 fully saturated rings. The highest BCUT2D eigenvalue weighted by Gasteiger charge is 2.41. The zero-order valence-corrected chi connectivity index (χ0v) is 11.9. The molecule has 19 heavy (non-hydrogen) atoms. The van der Waals surface area contributed by atoms with E-state index in [0.717, 1.165) is 12.8 Å². The van der Waals surface area contributed by atoms with Gasteiger partial charge in [-0.1, -0.05) is 6.07 Å². The van der Waals surface area contributed by atoms with Crippen molar-refractivity contribution in [1.29, 1.82) is 0 Å². The minimum absolute atomic E-state index is 0.0293. The number of halogens is 1. The Bertz CT molecular complexity index is 580. The van der Waals surface area contributed by atoms with Gasteiger partial charge in [-0.3, -0.25) is 0 Å². The molecule has 4 nitrogen and oxygen atoms in total. The van der Waals surface area contributed by atoms with E-state index in [0.29, 0.717) is 5.92 Å². The Hall–Kier alpha value is -0.980. The molecular formula is C13H19FN2O2S. The first-order valence-corrected chi connectivity index (χ1v) is 7.77. The molecular weight excluding hydrogens is 267 g/mol. The third kappa shape index (κ3) is 2.96. The summed E-state index contributed by atoms with van der Waals surface area (Å²) < 4.78 is 41.0. The van der Waals surface area contributed by atoms with Crippen molar-refractivity contribution in [2.75, 3.05) is 0 Å². The van der Waals surface area contributed by atoms with Crippen LogP contribution in [0.15, 0.2) is 23.1 Å². The molecule has 6 heteroatoms. The van der Waals surface area contributed by atoms with Crippen molar-refractivity contribution in [3.8, 4) is 0 Å². The molecule has 106 valence electrons. The van der Waals surface area contributed by atoms with Crippen molar-refractivity contribution < 1.29 is 12.8 Å². The summed E-state index contributed by atoms with van der Waals surface area (Å²) >= 11 is 0. The number of benzene rings is 1. The average molecular weight is 286 g/mol. The summed E-state index contributed by atoms with van der Waals surface area (Å²) in [5, 5.41) is 0. The fourth-order valence-corrected chi connectivity index (χ4v) is 4.01. The number of rotatable bonds is 5. The van der Waals surface area contributed by atoms with E-state index in [1.165, 1.54) is 18.2 Å². The molecule has 0 amide bonds. The minimum atomic E-state index is -3.76. The molecule has 0 unspecified atom stereocenters. The third-order valence-corrected chi connectivity index (χ3v) is 5.32. The van der Waals surface area contributed by atoms with Gasteiger partial charge < -0.3 is 5.73 Å². The van der Waals surface area contributed by atoms with Gasteiger partial charge in [0.2, 0.25) is 10.0 Å². The molecule has 0 radical (unpaired) electrons. The standard InChI is InChI=1S/C13H19FN2O2S/c1-13(2,9-6-7-9)16-19(17,18)12-5-3-4-11(14)10(12)8-15/h3-5,9,16H,6-8,15H2,1-2H3. The molecule has 0 bridgehead atoms. The summed E-state index contributed by atoms with van der Waals surface area (Å²) in [4.78, 5) is -0.0660.